The average Bonchev–Trinajstić information content (AvgIpc) is 2.98. The predicted octanol–water partition coefficient (Wildman–Crippen LogP) is 6.80. The van der Waals surface area contributed by atoms with Crippen LogP contribution in [0.1, 0.15) is 92.1 Å². The van der Waals surface area contributed by atoms with Crippen molar-refractivity contribution in [3.63, 3.8) is 0 Å². The molecule has 7 heteroatoms. The van der Waals surface area contributed by atoms with Gasteiger partial charge in [-0.15, -0.1) is 0 Å². The number of nitriles is 1. The SMILES string of the molecule is Cc1c(OC2CCC(NC(=O)c3ccc(N4CCC(CC5CCC(O)CC5)CC4)cc3)CC2)ccc(C#N)c1Cl. The number of carbonyl (C=O) groups is 1. The summed E-state index contributed by atoms with van der Waals surface area (Å²) in [6.45, 7) is 4.03. The van der Waals surface area contributed by atoms with Crippen LogP contribution < -0.4 is 15.0 Å². The Morgan fingerprint density at radius 1 is 0.975 bits per heavy atom. The Morgan fingerprint density at radius 3 is 2.27 bits per heavy atom. The lowest BCUT2D eigenvalue weighted by Crippen LogP contribution is -2.39. The van der Waals surface area contributed by atoms with Crippen molar-refractivity contribution in [2.45, 2.75) is 95.8 Å². The van der Waals surface area contributed by atoms with Crippen LogP contribution in [0, 0.1) is 30.1 Å². The van der Waals surface area contributed by atoms with Crippen molar-refractivity contribution in [1.82, 2.24) is 5.32 Å². The quantitative estimate of drug-likeness (QED) is 0.387. The number of hydrogen-bond donors (Lipinski definition) is 2. The molecule has 1 heterocycles. The van der Waals surface area contributed by atoms with Gasteiger partial charge in [-0.1, -0.05) is 11.6 Å². The number of carbonyl (C=O) groups excluding carboxylic acids is 1. The summed E-state index contributed by atoms with van der Waals surface area (Å²) in [7, 11) is 0. The van der Waals surface area contributed by atoms with Crippen LogP contribution in [-0.2, 0) is 0 Å². The standard InChI is InChI=1S/C33H42ClN3O3/c1-22-31(15-6-26(21-35)32(22)34)40-30-13-7-27(8-14-30)36-33(39)25-4-9-28(10-5-25)37-18-16-24(17-19-37)20-23-2-11-29(38)12-3-23/h4-6,9-10,15,23-24,27,29-30,38H,2-3,7-8,11-14,16-20H2,1H3,(H,36,39). The Labute approximate surface area is 243 Å². The number of piperidine rings is 1. The molecule has 2 aromatic carbocycles. The second kappa shape index (κ2) is 13.3. The first-order valence-electron chi connectivity index (χ1n) is 15.1. The topological polar surface area (TPSA) is 85.6 Å². The lowest BCUT2D eigenvalue weighted by molar-refractivity contribution is 0.0893. The molecule has 3 aliphatic rings. The van der Waals surface area contributed by atoms with Crippen molar-refractivity contribution in [3.8, 4) is 11.8 Å². The first-order chi connectivity index (χ1) is 19.4. The molecule has 1 amide bonds. The Kier molecular flexibility index (Phi) is 9.55. The number of aliphatic hydroxyl groups excluding tert-OH is 1. The number of nitrogens with zero attached hydrogens (tertiary/aromatic N) is 2. The maximum atomic E-state index is 13.0. The molecule has 3 fully saturated rings. The smallest absolute Gasteiger partial charge is 0.251 e. The average molecular weight is 564 g/mol. The van der Waals surface area contributed by atoms with Crippen molar-refractivity contribution in [3.05, 3.63) is 58.1 Å². The summed E-state index contributed by atoms with van der Waals surface area (Å²) in [4.78, 5) is 15.4. The number of amides is 1. The van der Waals surface area contributed by atoms with Crippen LogP contribution in [0.2, 0.25) is 5.02 Å². The largest absolute Gasteiger partial charge is 0.490 e. The molecule has 2 saturated carbocycles. The second-order valence-corrected chi connectivity index (χ2v) is 12.5. The van der Waals surface area contributed by atoms with Crippen LogP contribution in [0.4, 0.5) is 5.69 Å². The van der Waals surface area contributed by atoms with E-state index in [0.29, 0.717) is 16.1 Å². The summed E-state index contributed by atoms with van der Waals surface area (Å²) in [5.74, 6) is 2.31. The number of rotatable bonds is 7. The van der Waals surface area contributed by atoms with E-state index in [1.165, 1.54) is 37.8 Å². The molecule has 40 heavy (non-hydrogen) atoms. The zero-order valence-corrected chi connectivity index (χ0v) is 24.3. The summed E-state index contributed by atoms with van der Waals surface area (Å²) in [6.07, 6.45) is 11.6. The molecule has 2 N–H and O–H groups in total. The highest BCUT2D eigenvalue weighted by atomic mass is 35.5. The summed E-state index contributed by atoms with van der Waals surface area (Å²) in [5, 5.41) is 22.6. The molecule has 0 bridgehead atoms. The summed E-state index contributed by atoms with van der Waals surface area (Å²) >= 11 is 6.29. The molecule has 0 aromatic heterocycles. The molecule has 1 aliphatic heterocycles. The zero-order chi connectivity index (χ0) is 28.1. The van der Waals surface area contributed by atoms with Gasteiger partial charge in [-0.2, -0.15) is 5.26 Å². The molecular formula is C33H42ClN3O3. The zero-order valence-electron chi connectivity index (χ0n) is 23.6. The number of benzene rings is 2. The van der Waals surface area contributed by atoms with Crippen molar-refractivity contribution in [2.75, 3.05) is 18.0 Å². The van der Waals surface area contributed by atoms with E-state index >= 15 is 0 Å². The van der Waals surface area contributed by atoms with Gasteiger partial charge in [-0.25, -0.2) is 0 Å². The van der Waals surface area contributed by atoms with Gasteiger partial charge in [0.2, 0.25) is 0 Å². The van der Waals surface area contributed by atoms with Crippen LogP contribution in [-0.4, -0.2) is 42.4 Å². The van der Waals surface area contributed by atoms with Crippen molar-refractivity contribution >= 4 is 23.2 Å². The lowest BCUT2D eigenvalue weighted by Gasteiger charge is -2.36. The van der Waals surface area contributed by atoms with Crippen LogP contribution in [0.25, 0.3) is 0 Å². The van der Waals surface area contributed by atoms with Gasteiger partial charge in [0, 0.05) is 35.9 Å². The van der Waals surface area contributed by atoms with Gasteiger partial charge in [0.05, 0.1) is 22.8 Å². The highest BCUT2D eigenvalue weighted by molar-refractivity contribution is 6.32. The molecule has 0 spiro atoms. The van der Waals surface area contributed by atoms with Gasteiger partial charge in [-0.3, -0.25) is 4.79 Å². The van der Waals surface area contributed by atoms with E-state index in [1.807, 2.05) is 25.1 Å². The number of hydrogen-bond acceptors (Lipinski definition) is 5. The molecule has 2 aromatic rings. The molecule has 0 radical (unpaired) electrons. The third-order valence-corrected chi connectivity index (χ3v) is 9.84. The maximum Gasteiger partial charge on any atom is 0.251 e. The second-order valence-electron chi connectivity index (χ2n) is 12.1. The van der Waals surface area contributed by atoms with E-state index in [0.717, 1.165) is 74.8 Å². The molecular weight excluding hydrogens is 522 g/mol. The fourth-order valence-corrected chi connectivity index (χ4v) is 6.96. The minimum Gasteiger partial charge on any atom is -0.490 e. The lowest BCUT2D eigenvalue weighted by atomic mass is 9.79. The number of aliphatic hydroxyl groups is 1. The van der Waals surface area contributed by atoms with E-state index in [4.69, 9.17) is 21.6 Å². The third-order valence-electron chi connectivity index (χ3n) is 9.35. The number of anilines is 1. The van der Waals surface area contributed by atoms with Crippen LogP contribution in [0.3, 0.4) is 0 Å². The van der Waals surface area contributed by atoms with Gasteiger partial charge in [0.25, 0.3) is 5.91 Å². The molecule has 1 saturated heterocycles. The van der Waals surface area contributed by atoms with Crippen LogP contribution >= 0.6 is 11.6 Å². The molecule has 214 valence electrons. The molecule has 6 nitrogen and oxygen atoms in total. The summed E-state index contributed by atoms with van der Waals surface area (Å²) in [5.41, 5.74) is 3.17. The Morgan fingerprint density at radius 2 is 1.62 bits per heavy atom. The van der Waals surface area contributed by atoms with E-state index in [9.17, 15) is 9.90 Å². The van der Waals surface area contributed by atoms with Crippen molar-refractivity contribution < 1.29 is 14.6 Å². The number of nitrogens with one attached hydrogen (secondary N) is 1. The van der Waals surface area contributed by atoms with E-state index < -0.39 is 0 Å². The summed E-state index contributed by atoms with van der Waals surface area (Å²) < 4.78 is 6.20. The first-order valence-corrected chi connectivity index (χ1v) is 15.5. The Balaban J connectivity index is 1.04. The first kappa shape index (κ1) is 28.8. The highest BCUT2D eigenvalue weighted by Gasteiger charge is 2.27. The highest BCUT2D eigenvalue weighted by Crippen LogP contribution is 2.35. The third kappa shape index (κ3) is 7.11. The van der Waals surface area contributed by atoms with Gasteiger partial charge in [0.1, 0.15) is 11.8 Å². The minimum absolute atomic E-state index is 0.0121. The van der Waals surface area contributed by atoms with Gasteiger partial charge >= 0.3 is 0 Å². The fraction of sp³-hybridized carbons (Fsp3) is 0.576. The maximum absolute atomic E-state index is 13.0. The predicted molar refractivity (Wildman–Crippen MR) is 159 cm³/mol. The Hall–Kier alpha value is -2.75. The normalized spacial score (nSPS) is 25.7. The van der Waals surface area contributed by atoms with E-state index in [2.05, 4.69) is 28.4 Å². The monoisotopic (exact) mass is 563 g/mol. The van der Waals surface area contributed by atoms with E-state index in [-0.39, 0.29) is 24.2 Å². The van der Waals surface area contributed by atoms with E-state index in [1.54, 1.807) is 6.07 Å². The number of ether oxygens (including phenoxy) is 1. The Bertz CT molecular complexity index is 1190. The van der Waals surface area contributed by atoms with Gasteiger partial charge in [-0.05, 0) is 126 Å². The fourth-order valence-electron chi connectivity index (χ4n) is 6.76. The molecule has 0 unspecified atom stereocenters. The number of halogens is 1. The van der Waals surface area contributed by atoms with Gasteiger partial charge < -0.3 is 20.1 Å². The van der Waals surface area contributed by atoms with Gasteiger partial charge in [0.15, 0.2) is 0 Å². The van der Waals surface area contributed by atoms with Crippen LogP contribution in [0.15, 0.2) is 36.4 Å². The van der Waals surface area contributed by atoms with Crippen molar-refractivity contribution in [1.29, 1.82) is 5.26 Å². The van der Waals surface area contributed by atoms with Crippen molar-refractivity contribution in [2.24, 2.45) is 11.8 Å². The molecule has 2 aliphatic carbocycles. The van der Waals surface area contributed by atoms with Crippen LogP contribution in [0.5, 0.6) is 5.75 Å². The minimum atomic E-state index is -0.0660. The molecule has 5 rings (SSSR count). The summed E-state index contributed by atoms with van der Waals surface area (Å²) in [6, 6.07) is 13.9. The molecule has 0 atom stereocenters.